The molecule has 0 atom stereocenters. The van der Waals surface area contributed by atoms with Crippen molar-refractivity contribution in [1.29, 1.82) is 0 Å². The predicted molar refractivity (Wildman–Crippen MR) is 93.1 cm³/mol. The molecule has 4 rings (SSSR count). The van der Waals surface area contributed by atoms with Crippen LogP contribution in [0.4, 0.5) is 5.82 Å². The van der Waals surface area contributed by atoms with Crippen LogP contribution in [0.2, 0.25) is 0 Å². The summed E-state index contributed by atoms with van der Waals surface area (Å²) in [4.78, 5) is 33.7. The highest BCUT2D eigenvalue weighted by molar-refractivity contribution is 6.09. The van der Waals surface area contributed by atoms with Crippen molar-refractivity contribution in [2.75, 3.05) is 12.4 Å². The highest BCUT2D eigenvalue weighted by Gasteiger charge is 2.26. The minimum Gasteiger partial charge on any atom is -0.495 e. The van der Waals surface area contributed by atoms with E-state index in [4.69, 9.17) is 4.74 Å². The van der Waals surface area contributed by atoms with E-state index in [-0.39, 0.29) is 16.9 Å². The van der Waals surface area contributed by atoms with Gasteiger partial charge in [0.05, 0.1) is 18.8 Å². The van der Waals surface area contributed by atoms with Crippen LogP contribution in [0.1, 0.15) is 22.3 Å². The van der Waals surface area contributed by atoms with Crippen molar-refractivity contribution in [3.63, 3.8) is 0 Å². The molecule has 7 nitrogen and oxygen atoms in total. The van der Waals surface area contributed by atoms with Gasteiger partial charge in [-0.25, -0.2) is 4.98 Å². The Morgan fingerprint density at radius 2 is 2.20 bits per heavy atom. The number of carbonyl (C=O) groups excluding carboxylic acids is 1. The summed E-state index contributed by atoms with van der Waals surface area (Å²) in [5.41, 5.74) is 1.59. The highest BCUT2D eigenvalue weighted by Crippen LogP contribution is 2.32. The largest absolute Gasteiger partial charge is 0.495 e. The van der Waals surface area contributed by atoms with Gasteiger partial charge in [0.25, 0.3) is 11.5 Å². The highest BCUT2D eigenvalue weighted by atomic mass is 16.5. The molecule has 1 aliphatic rings. The maximum atomic E-state index is 13.0. The number of benzene rings is 1. The number of aryl methyl sites for hydroxylation is 2. The fourth-order valence-electron chi connectivity index (χ4n) is 3.36. The van der Waals surface area contributed by atoms with E-state index in [0.717, 1.165) is 29.3 Å². The minimum absolute atomic E-state index is 0.0142. The standard InChI is InChI=1S/C18H16N4O3/c1-25-16-12-6-2-4-11-5-3-9-22(15(11)12)18(24)14(16)17(23)21-13-10-19-7-8-20-13/h2,4,6-8,10H,3,5,9H2,1H3,(H,20,21,23). The van der Waals surface area contributed by atoms with Gasteiger partial charge in [0.15, 0.2) is 5.82 Å². The van der Waals surface area contributed by atoms with Crippen LogP contribution in [0, 0.1) is 0 Å². The van der Waals surface area contributed by atoms with Crippen LogP contribution in [0.25, 0.3) is 10.9 Å². The Hall–Kier alpha value is -3.22. The maximum Gasteiger partial charge on any atom is 0.267 e. The Morgan fingerprint density at radius 3 is 2.96 bits per heavy atom. The number of hydrogen-bond donors (Lipinski definition) is 1. The van der Waals surface area contributed by atoms with Crippen LogP contribution >= 0.6 is 0 Å². The summed E-state index contributed by atoms with van der Waals surface area (Å²) in [6.45, 7) is 0.585. The van der Waals surface area contributed by atoms with Crippen LogP contribution in [0.3, 0.4) is 0 Å². The van der Waals surface area contributed by atoms with Gasteiger partial charge in [-0.3, -0.25) is 14.6 Å². The van der Waals surface area contributed by atoms with E-state index in [1.165, 1.54) is 25.7 Å². The Balaban J connectivity index is 1.94. The Labute approximate surface area is 143 Å². The van der Waals surface area contributed by atoms with Crippen LogP contribution in [0.5, 0.6) is 5.75 Å². The molecule has 0 radical (unpaired) electrons. The zero-order valence-electron chi connectivity index (χ0n) is 13.7. The summed E-state index contributed by atoms with van der Waals surface area (Å²) in [5.74, 6) is 0.0202. The third kappa shape index (κ3) is 2.44. The van der Waals surface area contributed by atoms with Crippen molar-refractivity contribution in [3.05, 3.63) is 58.3 Å². The van der Waals surface area contributed by atoms with Gasteiger partial charge in [-0.15, -0.1) is 0 Å². The lowest BCUT2D eigenvalue weighted by Crippen LogP contribution is -2.32. The SMILES string of the molecule is COc1c(C(=O)Nc2cnccn2)c(=O)n2c3c(cccc13)CCC2. The molecule has 1 aromatic carbocycles. The van der Waals surface area contributed by atoms with Gasteiger partial charge in [-0.05, 0) is 24.5 Å². The number of carbonyl (C=O) groups is 1. The van der Waals surface area contributed by atoms with Gasteiger partial charge >= 0.3 is 0 Å². The topological polar surface area (TPSA) is 86.1 Å². The number of ether oxygens (including phenoxy) is 1. The first-order valence-corrected chi connectivity index (χ1v) is 8.00. The molecule has 0 saturated carbocycles. The molecule has 126 valence electrons. The molecule has 0 spiro atoms. The molecule has 0 aliphatic carbocycles. The van der Waals surface area contributed by atoms with E-state index >= 15 is 0 Å². The van der Waals surface area contributed by atoms with Gasteiger partial charge in [0.1, 0.15) is 11.3 Å². The summed E-state index contributed by atoms with van der Waals surface area (Å²) in [7, 11) is 1.47. The predicted octanol–water partition coefficient (Wildman–Crippen LogP) is 2.00. The lowest BCUT2D eigenvalue weighted by Gasteiger charge is -2.22. The van der Waals surface area contributed by atoms with E-state index in [1.54, 1.807) is 4.57 Å². The van der Waals surface area contributed by atoms with Gasteiger partial charge < -0.3 is 14.6 Å². The second-order valence-corrected chi connectivity index (χ2v) is 5.83. The van der Waals surface area contributed by atoms with E-state index in [9.17, 15) is 9.59 Å². The third-order valence-electron chi connectivity index (χ3n) is 4.38. The summed E-state index contributed by atoms with van der Waals surface area (Å²) < 4.78 is 7.14. The van der Waals surface area contributed by atoms with Crippen LogP contribution in [-0.2, 0) is 13.0 Å². The number of methoxy groups -OCH3 is 1. The van der Waals surface area contributed by atoms with Gasteiger partial charge in [-0.2, -0.15) is 0 Å². The summed E-state index contributed by atoms with van der Waals surface area (Å²) in [6, 6.07) is 5.80. The van der Waals surface area contributed by atoms with Gasteiger partial charge in [0.2, 0.25) is 0 Å². The minimum atomic E-state index is -0.552. The fraction of sp³-hybridized carbons (Fsp3) is 0.222. The van der Waals surface area contributed by atoms with Crippen LogP contribution in [0.15, 0.2) is 41.6 Å². The lowest BCUT2D eigenvalue weighted by molar-refractivity contribution is 0.102. The molecule has 7 heteroatoms. The summed E-state index contributed by atoms with van der Waals surface area (Å²) >= 11 is 0. The number of para-hydroxylation sites is 1. The molecule has 0 unspecified atom stereocenters. The molecule has 1 aliphatic heterocycles. The molecule has 0 fully saturated rings. The molecule has 1 N–H and O–H groups in total. The molecule has 3 heterocycles. The number of hydrogen-bond acceptors (Lipinski definition) is 5. The fourth-order valence-corrected chi connectivity index (χ4v) is 3.36. The zero-order valence-corrected chi connectivity index (χ0v) is 13.7. The monoisotopic (exact) mass is 336 g/mol. The molecule has 3 aromatic rings. The molecule has 1 amide bonds. The normalized spacial score (nSPS) is 12.8. The zero-order chi connectivity index (χ0) is 17.4. The first-order valence-electron chi connectivity index (χ1n) is 8.00. The second kappa shape index (κ2) is 6.01. The smallest absolute Gasteiger partial charge is 0.267 e. The number of pyridine rings is 1. The number of rotatable bonds is 3. The second-order valence-electron chi connectivity index (χ2n) is 5.83. The number of nitrogens with zero attached hydrogens (tertiary/aromatic N) is 3. The van der Waals surface area contributed by atoms with E-state index < -0.39 is 5.91 Å². The average molecular weight is 336 g/mol. The lowest BCUT2D eigenvalue weighted by atomic mass is 9.99. The summed E-state index contributed by atoms with van der Waals surface area (Å²) in [5, 5.41) is 3.38. The maximum absolute atomic E-state index is 13.0. The summed E-state index contributed by atoms with van der Waals surface area (Å²) in [6.07, 6.45) is 6.17. The molecule has 0 bridgehead atoms. The molecular formula is C18H16N4O3. The Bertz CT molecular complexity index is 1030. The number of aromatic nitrogens is 3. The van der Waals surface area contributed by atoms with Crippen molar-refractivity contribution >= 4 is 22.6 Å². The Morgan fingerprint density at radius 1 is 1.32 bits per heavy atom. The van der Waals surface area contributed by atoms with E-state index in [0.29, 0.717) is 12.3 Å². The third-order valence-corrected chi connectivity index (χ3v) is 4.38. The number of amides is 1. The van der Waals surface area contributed by atoms with Crippen molar-refractivity contribution in [2.45, 2.75) is 19.4 Å². The van der Waals surface area contributed by atoms with Crippen molar-refractivity contribution in [1.82, 2.24) is 14.5 Å². The first kappa shape index (κ1) is 15.3. The van der Waals surface area contributed by atoms with Crippen molar-refractivity contribution < 1.29 is 9.53 Å². The number of nitrogens with one attached hydrogen (secondary N) is 1. The van der Waals surface area contributed by atoms with Crippen LogP contribution in [-0.4, -0.2) is 27.6 Å². The van der Waals surface area contributed by atoms with Crippen LogP contribution < -0.4 is 15.6 Å². The average Bonchev–Trinajstić information content (AvgIpc) is 2.65. The van der Waals surface area contributed by atoms with E-state index in [1.807, 2.05) is 18.2 Å². The number of anilines is 1. The van der Waals surface area contributed by atoms with Gasteiger partial charge in [-0.1, -0.05) is 12.1 Å². The molecular weight excluding hydrogens is 320 g/mol. The molecule has 25 heavy (non-hydrogen) atoms. The first-order chi connectivity index (χ1) is 12.2. The van der Waals surface area contributed by atoms with Crippen molar-refractivity contribution in [3.8, 4) is 5.75 Å². The Kier molecular flexibility index (Phi) is 3.68. The molecule has 0 saturated heterocycles. The molecule has 2 aromatic heterocycles. The van der Waals surface area contributed by atoms with E-state index in [2.05, 4.69) is 15.3 Å². The quantitative estimate of drug-likeness (QED) is 0.790. The van der Waals surface area contributed by atoms with Crippen molar-refractivity contribution in [2.24, 2.45) is 0 Å². The van der Waals surface area contributed by atoms with Gasteiger partial charge in [0, 0.05) is 24.3 Å².